The van der Waals surface area contributed by atoms with Gasteiger partial charge in [0.15, 0.2) is 6.29 Å². The lowest BCUT2D eigenvalue weighted by molar-refractivity contribution is 0.112. The maximum atomic E-state index is 10.7. The first-order valence-electron chi connectivity index (χ1n) is 4.64. The molecule has 0 saturated heterocycles. The number of halogens is 1. The molecular weight excluding hydrogens is 212 g/mol. The van der Waals surface area contributed by atoms with Crippen LogP contribution in [0.5, 0.6) is 5.75 Å². The van der Waals surface area contributed by atoms with Gasteiger partial charge in [0, 0.05) is 5.02 Å². The molecule has 0 aliphatic rings. The predicted octanol–water partition coefficient (Wildman–Crippen LogP) is 3.50. The molecule has 0 radical (unpaired) electrons. The van der Waals surface area contributed by atoms with Crippen LogP contribution in [0.1, 0.15) is 24.2 Å². The third-order valence-electron chi connectivity index (χ3n) is 1.83. The maximum Gasteiger partial charge on any atom is 0.153 e. The van der Waals surface area contributed by atoms with Crippen molar-refractivity contribution in [3.8, 4) is 5.75 Å². The summed E-state index contributed by atoms with van der Waals surface area (Å²) in [6.45, 7) is 4.45. The maximum absolute atomic E-state index is 10.7. The number of hydrogen-bond donors (Lipinski definition) is 0. The lowest BCUT2D eigenvalue weighted by atomic mass is 10.2. The van der Waals surface area contributed by atoms with Crippen LogP contribution in [-0.2, 0) is 0 Å². The number of hydrogen-bond acceptors (Lipinski definition) is 2. The number of carbonyl (C=O) groups is 1. The monoisotopic (exact) mass is 224 g/mol. The Kier molecular flexibility index (Phi) is 4.37. The van der Waals surface area contributed by atoms with Gasteiger partial charge in [0.25, 0.3) is 0 Å². The van der Waals surface area contributed by atoms with Crippen molar-refractivity contribution in [1.29, 1.82) is 0 Å². The second kappa shape index (κ2) is 5.56. The first-order chi connectivity index (χ1) is 7.13. The Bertz CT molecular complexity index is 379. The van der Waals surface area contributed by atoms with Gasteiger partial charge < -0.3 is 4.74 Å². The highest BCUT2D eigenvalue weighted by molar-refractivity contribution is 6.30. The minimum Gasteiger partial charge on any atom is -0.489 e. The first kappa shape index (κ1) is 11.8. The highest BCUT2D eigenvalue weighted by atomic mass is 35.5. The topological polar surface area (TPSA) is 26.3 Å². The Balaban J connectivity index is 2.76. The lowest BCUT2D eigenvalue weighted by Gasteiger charge is -2.06. The van der Waals surface area contributed by atoms with Crippen LogP contribution in [0, 0.1) is 0 Å². The minimum absolute atomic E-state index is 0.463. The number of benzene rings is 1. The molecule has 1 aromatic rings. The Hall–Kier alpha value is -1.28. The van der Waals surface area contributed by atoms with E-state index in [2.05, 4.69) is 0 Å². The zero-order valence-corrected chi connectivity index (χ0v) is 9.54. The smallest absolute Gasteiger partial charge is 0.153 e. The summed E-state index contributed by atoms with van der Waals surface area (Å²) in [5.41, 5.74) is 1.65. The summed E-state index contributed by atoms with van der Waals surface area (Å²) < 4.78 is 5.43. The summed E-state index contributed by atoms with van der Waals surface area (Å²) in [4.78, 5) is 10.7. The van der Waals surface area contributed by atoms with Gasteiger partial charge in [-0.2, -0.15) is 0 Å². The molecule has 0 spiro atoms. The van der Waals surface area contributed by atoms with E-state index in [-0.39, 0.29) is 0 Å². The molecular formula is C12H13ClO2. The molecule has 1 rings (SSSR count). The zero-order valence-electron chi connectivity index (χ0n) is 8.79. The van der Waals surface area contributed by atoms with Crippen molar-refractivity contribution in [1.82, 2.24) is 0 Å². The van der Waals surface area contributed by atoms with Gasteiger partial charge in [-0.1, -0.05) is 17.2 Å². The van der Waals surface area contributed by atoms with Crippen LogP contribution in [0.15, 0.2) is 29.8 Å². The van der Waals surface area contributed by atoms with Crippen molar-refractivity contribution in [3.05, 3.63) is 40.4 Å². The third-order valence-corrected chi connectivity index (χ3v) is 2.06. The average Bonchev–Trinajstić information content (AvgIpc) is 2.19. The van der Waals surface area contributed by atoms with Crippen molar-refractivity contribution in [3.63, 3.8) is 0 Å². The molecule has 0 bridgehead atoms. The average molecular weight is 225 g/mol. The van der Waals surface area contributed by atoms with E-state index in [4.69, 9.17) is 16.3 Å². The van der Waals surface area contributed by atoms with E-state index in [0.717, 1.165) is 6.29 Å². The Morgan fingerprint density at radius 2 is 2.20 bits per heavy atom. The molecule has 15 heavy (non-hydrogen) atoms. The molecule has 0 aromatic heterocycles. The fourth-order valence-corrected chi connectivity index (χ4v) is 1.22. The second-order valence-corrected chi connectivity index (χ2v) is 3.83. The van der Waals surface area contributed by atoms with Crippen molar-refractivity contribution in [2.75, 3.05) is 6.61 Å². The molecule has 1 aromatic carbocycles. The summed E-state index contributed by atoms with van der Waals surface area (Å²) in [5, 5.41) is 0.534. The molecule has 2 nitrogen and oxygen atoms in total. The van der Waals surface area contributed by atoms with Crippen LogP contribution in [0.25, 0.3) is 0 Å². The van der Waals surface area contributed by atoms with Crippen LogP contribution in [0.4, 0.5) is 0 Å². The summed E-state index contributed by atoms with van der Waals surface area (Å²) in [5.74, 6) is 0.562. The second-order valence-electron chi connectivity index (χ2n) is 3.39. The first-order valence-corrected chi connectivity index (χ1v) is 5.02. The molecule has 0 unspecified atom stereocenters. The van der Waals surface area contributed by atoms with Gasteiger partial charge in [0.1, 0.15) is 12.4 Å². The number of ether oxygens (including phenoxy) is 1. The van der Waals surface area contributed by atoms with Crippen LogP contribution in [-0.4, -0.2) is 12.9 Å². The van der Waals surface area contributed by atoms with Gasteiger partial charge in [0.05, 0.1) is 5.56 Å². The molecule has 0 heterocycles. The van der Waals surface area contributed by atoms with Gasteiger partial charge in [0.2, 0.25) is 0 Å². The molecule has 0 aliphatic heterocycles. The van der Waals surface area contributed by atoms with E-state index in [0.29, 0.717) is 22.9 Å². The quantitative estimate of drug-likeness (QED) is 0.578. The van der Waals surface area contributed by atoms with E-state index in [1.54, 1.807) is 18.2 Å². The molecule has 3 heteroatoms. The zero-order chi connectivity index (χ0) is 11.3. The largest absolute Gasteiger partial charge is 0.489 e. The lowest BCUT2D eigenvalue weighted by Crippen LogP contribution is -1.97. The normalized spacial score (nSPS) is 9.53. The Morgan fingerprint density at radius 1 is 1.47 bits per heavy atom. The van der Waals surface area contributed by atoms with Gasteiger partial charge >= 0.3 is 0 Å². The highest BCUT2D eigenvalue weighted by Gasteiger charge is 2.02. The van der Waals surface area contributed by atoms with Crippen molar-refractivity contribution in [2.24, 2.45) is 0 Å². The molecule has 0 fully saturated rings. The molecule has 0 amide bonds. The fraction of sp³-hybridized carbons (Fsp3) is 0.250. The van der Waals surface area contributed by atoms with E-state index >= 15 is 0 Å². The van der Waals surface area contributed by atoms with Gasteiger partial charge in [-0.25, -0.2) is 0 Å². The van der Waals surface area contributed by atoms with E-state index in [9.17, 15) is 4.79 Å². The highest BCUT2D eigenvalue weighted by Crippen LogP contribution is 2.21. The Morgan fingerprint density at radius 3 is 2.80 bits per heavy atom. The number of allylic oxidation sites excluding steroid dienone is 1. The molecule has 80 valence electrons. The molecule has 0 N–H and O–H groups in total. The van der Waals surface area contributed by atoms with Gasteiger partial charge in [-0.3, -0.25) is 4.79 Å². The SMILES string of the molecule is CC(C)=CCOc1ccc(Cl)cc1C=O. The molecule has 0 atom stereocenters. The summed E-state index contributed by atoms with van der Waals surface area (Å²) in [7, 11) is 0. The van der Waals surface area contributed by atoms with Crippen LogP contribution in [0.3, 0.4) is 0 Å². The Labute approximate surface area is 94.5 Å². The van der Waals surface area contributed by atoms with Crippen LogP contribution < -0.4 is 4.74 Å². The fourth-order valence-electron chi connectivity index (χ4n) is 1.04. The standard InChI is InChI=1S/C12H13ClO2/c1-9(2)5-6-15-12-4-3-11(13)7-10(12)8-14/h3-5,7-8H,6H2,1-2H3. The van der Waals surface area contributed by atoms with Gasteiger partial charge in [-0.15, -0.1) is 0 Å². The predicted molar refractivity (Wildman–Crippen MR) is 61.8 cm³/mol. The van der Waals surface area contributed by atoms with E-state index in [1.165, 1.54) is 5.57 Å². The van der Waals surface area contributed by atoms with Crippen molar-refractivity contribution in [2.45, 2.75) is 13.8 Å². The van der Waals surface area contributed by atoms with Gasteiger partial charge in [-0.05, 0) is 38.1 Å². The summed E-state index contributed by atoms with van der Waals surface area (Å²) >= 11 is 5.75. The summed E-state index contributed by atoms with van der Waals surface area (Å²) in [6.07, 6.45) is 2.69. The van der Waals surface area contributed by atoms with Crippen molar-refractivity contribution < 1.29 is 9.53 Å². The number of rotatable bonds is 4. The van der Waals surface area contributed by atoms with Crippen molar-refractivity contribution >= 4 is 17.9 Å². The molecule has 0 saturated carbocycles. The van der Waals surface area contributed by atoms with Crippen LogP contribution >= 0.6 is 11.6 Å². The minimum atomic E-state index is 0.463. The van der Waals surface area contributed by atoms with E-state index < -0.39 is 0 Å². The summed E-state index contributed by atoms with van der Waals surface area (Å²) in [6, 6.07) is 4.99. The number of aldehydes is 1. The van der Waals surface area contributed by atoms with Crippen LogP contribution in [0.2, 0.25) is 5.02 Å². The molecule has 0 aliphatic carbocycles. The van der Waals surface area contributed by atoms with E-state index in [1.807, 2.05) is 19.9 Å². The third kappa shape index (κ3) is 3.76. The number of carbonyl (C=O) groups excluding carboxylic acids is 1.